The summed E-state index contributed by atoms with van der Waals surface area (Å²) in [6.07, 6.45) is 0.414. The van der Waals surface area contributed by atoms with E-state index in [0.717, 1.165) is 14.3 Å². The average molecular weight is 381 g/mol. The number of rotatable bonds is 5. The standard InChI is InChI=1S/C15H13BrN2O3S/c1-2-15(19)17-11-7-10(16)8-14(9-11)22-13-5-3-12(4-6-13)18(20)21/h3-9H,2H2,1H3,(H,17,19). The zero-order valence-corrected chi connectivity index (χ0v) is 14.1. The van der Waals surface area contributed by atoms with Crippen molar-refractivity contribution >= 4 is 45.0 Å². The van der Waals surface area contributed by atoms with Gasteiger partial charge < -0.3 is 5.32 Å². The first-order chi connectivity index (χ1) is 10.5. The summed E-state index contributed by atoms with van der Waals surface area (Å²) in [5.74, 6) is -0.0515. The summed E-state index contributed by atoms with van der Waals surface area (Å²) in [6, 6.07) is 12.0. The highest BCUT2D eigenvalue weighted by Gasteiger charge is 2.07. The average Bonchev–Trinajstić information content (AvgIpc) is 2.47. The number of non-ortho nitro benzene ring substituents is 1. The minimum absolute atomic E-state index is 0.0515. The summed E-state index contributed by atoms with van der Waals surface area (Å²) in [4.78, 5) is 23.5. The number of nitro benzene ring substituents is 1. The molecule has 0 saturated heterocycles. The van der Waals surface area contributed by atoms with Gasteiger partial charge in [0.25, 0.3) is 5.69 Å². The number of nitro groups is 1. The highest BCUT2D eigenvalue weighted by molar-refractivity contribution is 9.10. The van der Waals surface area contributed by atoms with Gasteiger partial charge in [-0.1, -0.05) is 34.6 Å². The lowest BCUT2D eigenvalue weighted by Gasteiger charge is -2.08. The number of carbonyl (C=O) groups is 1. The van der Waals surface area contributed by atoms with Crippen LogP contribution in [0.4, 0.5) is 11.4 Å². The van der Waals surface area contributed by atoms with Crippen LogP contribution < -0.4 is 5.32 Å². The molecular weight excluding hydrogens is 368 g/mol. The SMILES string of the molecule is CCC(=O)Nc1cc(Br)cc(Sc2ccc([N+](=O)[O-])cc2)c1. The maximum absolute atomic E-state index is 11.5. The van der Waals surface area contributed by atoms with Crippen LogP contribution in [0.3, 0.4) is 0 Å². The molecule has 114 valence electrons. The molecule has 7 heteroatoms. The maximum Gasteiger partial charge on any atom is 0.269 e. The molecule has 1 N–H and O–H groups in total. The van der Waals surface area contributed by atoms with Gasteiger partial charge in [-0.3, -0.25) is 14.9 Å². The summed E-state index contributed by atoms with van der Waals surface area (Å²) in [5.41, 5.74) is 0.778. The molecule has 0 aliphatic carbocycles. The predicted molar refractivity (Wildman–Crippen MR) is 90.3 cm³/mol. The van der Waals surface area contributed by atoms with Crippen molar-refractivity contribution in [1.29, 1.82) is 0 Å². The van der Waals surface area contributed by atoms with E-state index in [1.807, 2.05) is 18.2 Å². The van der Waals surface area contributed by atoms with Crippen LogP contribution in [-0.2, 0) is 4.79 Å². The first-order valence-corrected chi connectivity index (χ1v) is 8.11. The number of nitrogens with zero attached hydrogens (tertiary/aromatic N) is 1. The fourth-order valence-electron chi connectivity index (χ4n) is 1.72. The number of hydrogen-bond donors (Lipinski definition) is 1. The Labute approximate surface area is 140 Å². The van der Waals surface area contributed by atoms with Gasteiger partial charge in [-0.2, -0.15) is 0 Å². The molecule has 2 aromatic carbocycles. The van der Waals surface area contributed by atoms with E-state index in [9.17, 15) is 14.9 Å². The van der Waals surface area contributed by atoms with Crippen LogP contribution in [0, 0.1) is 10.1 Å². The lowest BCUT2D eigenvalue weighted by atomic mass is 10.3. The van der Waals surface area contributed by atoms with E-state index < -0.39 is 4.92 Å². The van der Waals surface area contributed by atoms with Gasteiger partial charge in [0.15, 0.2) is 0 Å². The molecule has 0 spiro atoms. The number of halogens is 1. The van der Waals surface area contributed by atoms with Crippen molar-refractivity contribution in [2.24, 2.45) is 0 Å². The van der Waals surface area contributed by atoms with Gasteiger partial charge in [0.1, 0.15) is 0 Å². The molecule has 22 heavy (non-hydrogen) atoms. The number of nitrogens with one attached hydrogen (secondary N) is 1. The molecule has 2 rings (SSSR count). The third-order valence-corrected chi connectivity index (χ3v) is 4.20. The minimum Gasteiger partial charge on any atom is -0.326 e. The first kappa shape index (κ1) is 16.5. The van der Waals surface area contributed by atoms with Crippen LogP contribution in [-0.4, -0.2) is 10.8 Å². The number of hydrogen-bond acceptors (Lipinski definition) is 4. The Morgan fingerprint density at radius 2 is 1.91 bits per heavy atom. The van der Waals surface area contributed by atoms with E-state index in [1.54, 1.807) is 19.1 Å². The normalized spacial score (nSPS) is 10.3. The maximum atomic E-state index is 11.5. The van der Waals surface area contributed by atoms with E-state index in [-0.39, 0.29) is 11.6 Å². The number of amides is 1. The Morgan fingerprint density at radius 1 is 1.23 bits per heavy atom. The minimum atomic E-state index is -0.425. The molecule has 2 aromatic rings. The van der Waals surface area contributed by atoms with Crippen molar-refractivity contribution in [3.8, 4) is 0 Å². The van der Waals surface area contributed by atoms with Gasteiger partial charge in [-0.05, 0) is 30.3 Å². The third-order valence-electron chi connectivity index (χ3n) is 2.76. The third kappa shape index (κ3) is 4.57. The molecule has 0 bridgehead atoms. The molecule has 0 heterocycles. The van der Waals surface area contributed by atoms with Crippen molar-refractivity contribution in [3.63, 3.8) is 0 Å². The quantitative estimate of drug-likeness (QED) is 0.593. The van der Waals surface area contributed by atoms with Gasteiger partial charge in [-0.15, -0.1) is 0 Å². The molecule has 0 atom stereocenters. The Bertz CT molecular complexity index is 704. The van der Waals surface area contributed by atoms with Gasteiger partial charge in [0.2, 0.25) is 5.91 Å². The highest BCUT2D eigenvalue weighted by atomic mass is 79.9. The van der Waals surface area contributed by atoms with Crippen LogP contribution in [0.2, 0.25) is 0 Å². The lowest BCUT2D eigenvalue weighted by molar-refractivity contribution is -0.384. The molecule has 0 aliphatic rings. The van der Waals surface area contributed by atoms with E-state index in [4.69, 9.17) is 0 Å². The second-order valence-corrected chi connectivity index (χ2v) is 6.49. The summed E-state index contributed by atoms with van der Waals surface area (Å²) in [5, 5.41) is 13.5. The lowest BCUT2D eigenvalue weighted by Crippen LogP contribution is -2.09. The van der Waals surface area contributed by atoms with Crippen molar-refractivity contribution in [3.05, 3.63) is 57.1 Å². The second kappa shape index (κ2) is 7.42. The summed E-state index contributed by atoms with van der Waals surface area (Å²) < 4.78 is 0.853. The van der Waals surface area contributed by atoms with E-state index in [1.165, 1.54) is 23.9 Å². The molecule has 0 fully saturated rings. The molecule has 0 aromatic heterocycles. The smallest absolute Gasteiger partial charge is 0.269 e. The van der Waals surface area contributed by atoms with Crippen LogP contribution in [0.5, 0.6) is 0 Å². The monoisotopic (exact) mass is 380 g/mol. The topological polar surface area (TPSA) is 72.2 Å². The summed E-state index contributed by atoms with van der Waals surface area (Å²) in [6.45, 7) is 1.79. The molecule has 0 saturated carbocycles. The Hall–Kier alpha value is -1.86. The Balaban J connectivity index is 2.18. The van der Waals surface area contributed by atoms with Crippen molar-refractivity contribution in [1.82, 2.24) is 0 Å². The van der Waals surface area contributed by atoms with E-state index in [0.29, 0.717) is 12.1 Å². The highest BCUT2D eigenvalue weighted by Crippen LogP contribution is 2.33. The fourth-order valence-corrected chi connectivity index (χ4v) is 3.28. The molecule has 0 unspecified atom stereocenters. The predicted octanol–water partition coefficient (Wildman–Crippen LogP) is 4.86. The van der Waals surface area contributed by atoms with E-state index in [2.05, 4.69) is 21.2 Å². The van der Waals surface area contributed by atoms with Crippen LogP contribution in [0.15, 0.2) is 56.7 Å². The summed E-state index contributed by atoms with van der Waals surface area (Å²) in [7, 11) is 0. The number of benzene rings is 2. The van der Waals surface area contributed by atoms with Gasteiger partial charge in [-0.25, -0.2) is 0 Å². The van der Waals surface area contributed by atoms with Crippen molar-refractivity contribution < 1.29 is 9.72 Å². The fraction of sp³-hybridized carbons (Fsp3) is 0.133. The number of anilines is 1. The van der Waals surface area contributed by atoms with Gasteiger partial charge >= 0.3 is 0 Å². The van der Waals surface area contributed by atoms with Crippen LogP contribution >= 0.6 is 27.7 Å². The second-order valence-electron chi connectivity index (χ2n) is 4.43. The molecular formula is C15H13BrN2O3S. The largest absolute Gasteiger partial charge is 0.326 e. The molecule has 0 radical (unpaired) electrons. The van der Waals surface area contributed by atoms with E-state index >= 15 is 0 Å². The first-order valence-electron chi connectivity index (χ1n) is 6.50. The number of carbonyl (C=O) groups excluding carboxylic acids is 1. The molecule has 1 amide bonds. The Morgan fingerprint density at radius 3 is 2.50 bits per heavy atom. The molecule has 5 nitrogen and oxygen atoms in total. The molecule has 0 aliphatic heterocycles. The zero-order chi connectivity index (χ0) is 16.1. The van der Waals surface area contributed by atoms with Crippen LogP contribution in [0.25, 0.3) is 0 Å². The zero-order valence-electron chi connectivity index (χ0n) is 11.7. The van der Waals surface area contributed by atoms with Crippen LogP contribution in [0.1, 0.15) is 13.3 Å². The van der Waals surface area contributed by atoms with Gasteiger partial charge in [0.05, 0.1) is 4.92 Å². The van der Waals surface area contributed by atoms with Gasteiger partial charge in [0, 0.05) is 38.5 Å². The Kier molecular flexibility index (Phi) is 5.57. The summed E-state index contributed by atoms with van der Waals surface area (Å²) >= 11 is 4.88. The van der Waals surface area contributed by atoms with Crippen molar-refractivity contribution in [2.45, 2.75) is 23.1 Å². The van der Waals surface area contributed by atoms with Crippen molar-refractivity contribution in [2.75, 3.05) is 5.32 Å².